The lowest BCUT2D eigenvalue weighted by atomic mass is 9.60. The van der Waals surface area contributed by atoms with E-state index in [1.54, 1.807) is 24.3 Å². The molecule has 2 unspecified atom stereocenters. The first-order valence-electron chi connectivity index (χ1n) is 8.55. The summed E-state index contributed by atoms with van der Waals surface area (Å²) in [5, 5.41) is 0. The van der Waals surface area contributed by atoms with E-state index in [-0.39, 0.29) is 17.2 Å². The molecule has 0 saturated heterocycles. The van der Waals surface area contributed by atoms with E-state index in [1.165, 1.54) is 6.07 Å². The van der Waals surface area contributed by atoms with Crippen molar-refractivity contribution in [3.05, 3.63) is 87.5 Å². The summed E-state index contributed by atoms with van der Waals surface area (Å²) >= 11 is 0. The number of benzene rings is 3. The summed E-state index contributed by atoms with van der Waals surface area (Å²) in [6.07, 6.45) is -4.54. The highest BCUT2D eigenvalue weighted by Gasteiger charge is 2.47. The van der Waals surface area contributed by atoms with Crippen molar-refractivity contribution < 1.29 is 13.2 Å². The van der Waals surface area contributed by atoms with Gasteiger partial charge in [0.2, 0.25) is 0 Å². The Kier molecular flexibility index (Phi) is 2.96. The monoisotopic (exact) mass is 367 g/mol. The zero-order chi connectivity index (χ0) is 19.1. The van der Waals surface area contributed by atoms with Crippen LogP contribution in [0.15, 0.2) is 48.5 Å². The molecule has 3 aromatic rings. The van der Waals surface area contributed by atoms with Crippen molar-refractivity contribution in [2.24, 2.45) is 0 Å². The number of hydrogen-bond acceptors (Lipinski definition) is 3. The summed E-state index contributed by atoms with van der Waals surface area (Å²) < 4.78 is 41.8. The molecule has 3 aromatic carbocycles. The van der Waals surface area contributed by atoms with Gasteiger partial charge in [0.15, 0.2) is 0 Å². The maximum Gasteiger partial charge on any atom is 0.418 e. The third kappa shape index (κ3) is 2.04. The molecule has 6 N–H and O–H groups in total. The van der Waals surface area contributed by atoms with E-state index < -0.39 is 17.7 Å². The van der Waals surface area contributed by atoms with Crippen molar-refractivity contribution >= 4 is 17.1 Å². The van der Waals surface area contributed by atoms with Crippen LogP contribution in [0.5, 0.6) is 0 Å². The molecule has 6 rings (SSSR count). The lowest BCUT2D eigenvalue weighted by Gasteiger charge is -2.43. The third-order valence-electron chi connectivity index (χ3n) is 5.66. The van der Waals surface area contributed by atoms with Gasteiger partial charge in [-0.05, 0) is 63.7 Å². The van der Waals surface area contributed by atoms with Gasteiger partial charge in [-0.25, -0.2) is 0 Å². The van der Waals surface area contributed by atoms with Crippen molar-refractivity contribution in [3.63, 3.8) is 0 Å². The molecule has 0 fully saturated rings. The normalized spacial score (nSPS) is 19.4. The maximum atomic E-state index is 13.9. The van der Waals surface area contributed by atoms with E-state index in [9.17, 15) is 13.2 Å². The molecule has 0 saturated carbocycles. The topological polar surface area (TPSA) is 78.1 Å². The Labute approximate surface area is 153 Å². The first-order chi connectivity index (χ1) is 12.8. The predicted molar refractivity (Wildman–Crippen MR) is 99.5 cm³/mol. The SMILES string of the molecule is Nc1ccc2c(c1)C1c3ccc(N)cc3C2c2c1ccc(N)c2C(F)(F)F. The van der Waals surface area contributed by atoms with E-state index in [2.05, 4.69) is 0 Å². The Bertz CT molecular complexity index is 1120. The molecule has 3 nitrogen and oxygen atoms in total. The van der Waals surface area contributed by atoms with Crippen molar-refractivity contribution in [2.75, 3.05) is 17.2 Å². The molecule has 0 heterocycles. The van der Waals surface area contributed by atoms with Gasteiger partial charge < -0.3 is 17.2 Å². The molecule has 3 aliphatic rings. The fourth-order valence-electron chi connectivity index (χ4n) is 4.72. The smallest absolute Gasteiger partial charge is 0.399 e. The van der Waals surface area contributed by atoms with E-state index in [0.717, 1.165) is 22.3 Å². The molecular formula is C21H16F3N3. The number of halogens is 3. The first kappa shape index (κ1) is 16.1. The van der Waals surface area contributed by atoms with E-state index >= 15 is 0 Å². The van der Waals surface area contributed by atoms with Crippen LogP contribution in [0.25, 0.3) is 0 Å². The summed E-state index contributed by atoms with van der Waals surface area (Å²) in [5.74, 6) is -0.889. The van der Waals surface area contributed by atoms with Gasteiger partial charge in [0, 0.05) is 28.9 Å². The minimum absolute atomic E-state index is 0.239. The van der Waals surface area contributed by atoms with Crippen LogP contribution in [0.1, 0.15) is 50.8 Å². The fourth-order valence-corrected chi connectivity index (χ4v) is 4.72. The summed E-state index contributed by atoms with van der Waals surface area (Å²) in [6.45, 7) is 0. The molecule has 27 heavy (non-hydrogen) atoms. The van der Waals surface area contributed by atoms with Crippen LogP contribution < -0.4 is 17.2 Å². The van der Waals surface area contributed by atoms with Crippen LogP contribution in [-0.2, 0) is 6.18 Å². The molecule has 0 spiro atoms. The van der Waals surface area contributed by atoms with Crippen LogP contribution in [0.2, 0.25) is 0 Å². The van der Waals surface area contributed by atoms with Gasteiger partial charge in [0.1, 0.15) is 0 Å². The second-order valence-corrected chi connectivity index (χ2v) is 7.17. The van der Waals surface area contributed by atoms with Gasteiger partial charge in [-0.2, -0.15) is 13.2 Å². The number of nitrogen functional groups attached to an aromatic ring is 3. The highest BCUT2D eigenvalue weighted by molar-refractivity contribution is 5.75. The molecule has 6 heteroatoms. The Morgan fingerprint density at radius 2 is 1.15 bits per heavy atom. The van der Waals surface area contributed by atoms with Crippen molar-refractivity contribution in [3.8, 4) is 0 Å². The summed E-state index contributed by atoms with van der Waals surface area (Å²) in [4.78, 5) is 0. The summed E-state index contributed by atoms with van der Waals surface area (Å²) in [7, 11) is 0. The molecule has 2 bridgehead atoms. The van der Waals surface area contributed by atoms with Gasteiger partial charge in [-0.1, -0.05) is 18.2 Å². The van der Waals surface area contributed by atoms with Gasteiger partial charge in [-0.15, -0.1) is 0 Å². The van der Waals surface area contributed by atoms with Crippen LogP contribution >= 0.6 is 0 Å². The molecule has 2 atom stereocenters. The average Bonchev–Trinajstić information content (AvgIpc) is 2.59. The van der Waals surface area contributed by atoms with E-state index in [0.29, 0.717) is 16.9 Å². The Hall–Kier alpha value is -3.15. The van der Waals surface area contributed by atoms with E-state index in [4.69, 9.17) is 17.2 Å². The maximum absolute atomic E-state index is 13.9. The van der Waals surface area contributed by atoms with Crippen molar-refractivity contribution in [1.82, 2.24) is 0 Å². The second-order valence-electron chi connectivity index (χ2n) is 7.17. The zero-order valence-corrected chi connectivity index (χ0v) is 14.1. The Balaban J connectivity index is 1.92. The minimum Gasteiger partial charge on any atom is -0.399 e. The highest BCUT2D eigenvalue weighted by Crippen LogP contribution is 2.59. The largest absolute Gasteiger partial charge is 0.418 e. The van der Waals surface area contributed by atoms with Crippen LogP contribution in [0.4, 0.5) is 30.2 Å². The second kappa shape index (κ2) is 4.97. The summed E-state index contributed by atoms with van der Waals surface area (Å²) in [6, 6.07) is 13.9. The average molecular weight is 367 g/mol. The Morgan fingerprint density at radius 3 is 1.74 bits per heavy atom. The third-order valence-corrected chi connectivity index (χ3v) is 5.66. The quantitative estimate of drug-likeness (QED) is 0.354. The predicted octanol–water partition coefficient (Wildman–Crippen LogP) is 4.44. The van der Waals surface area contributed by atoms with Gasteiger partial charge in [-0.3, -0.25) is 0 Å². The number of nitrogens with two attached hydrogens (primary N) is 3. The Morgan fingerprint density at radius 1 is 0.630 bits per heavy atom. The lowest BCUT2D eigenvalue weighted by Crippen LogP contribution is -2.31. The summed E-state index contributed by atoms with van der Waals surface area (Å²) in [5.41, 5.74) is 22.3. The molecule has 3 aliphatic carbocycles. The van der Waals surface area contributed by atoms with Gasteiger partial charge >= 0.3 is 6.18 Å². The first-order valence-corrected chi connectivity index (χ1v) is 8.55. The van der Waals surface area contributed by atoms with Crippen LogP contribution in [0.3, 0.4) is 0 Å². The lowest BCUT2D eigenvalue weighted by molar-refractivity contribution is -0.137. The van der Waals surface area contributed by atoms with Crippen molar-refractivity contribution in [2.45, 2.75) is 18.0 Å². The number of anilines is 3. The van der Waals surface area contributed by atoms with Crippen LogP contribution in [0, 0.1) is 0 Å². The minimum atomic E-state index is -4.54. The molecule has 0 aromatic heterocycles. The number of alkyl halides is 3. The molecule has 0 radical (unpaired) electrons. The van der Waals surface area contributed by atoms with Crippen LogP contribution in [-0.4, -0.2) is 0 Å². The molecule has 136 valence electrons. The van der Waals surface area contributed by atoms with Gasteiger partial charge in [0.25, 0.3) is 0 Å². The number of rotatable bonds is 0. The van der Waals surface area contributed by atoms with Gasteiger partial charge in [0.05, 0.1) is 5.56 Å². The standard InChI is InChI=1S/C21H16F3N3/c22-21(23,24)20-16(27)6-5-13-17-11-3-1-10(26)8-15(11)18(19(13)20)12-4-2-9(25)7-14(12)17/h1-8,17-18H,25-27H2. The fraction of sp³-hybridized carbons (Fsp3) is 0.143. The number of hydrogen-bond donors (Lipinski definition) is 3. The molecule has 0 amide bonds. The van der Waals surface area contributed by atoms with E-state index in [1.807, 2.05) is 18.2 Å². The van der Waals surface area contributed by atoms with Crippen molar-refractivity contribution in [1.29, 1.82) is 0 Å². The molecule has 0 aliphatic heterocycles. The molecular weight excluding hydrogens is 351 g/mol. The zero-order valence-electron chi connectivity index (χ0n) is 14.1. The highest BCUT2D eigenvalue weighted by atomic mass is 19.4.